The first-order valence-corrected chi connectivity index (χ1v) is 15.7. The molecule has 2 aliphatic carbocycles. The molecule has 0 saturated heterocycles. The van der Waals surface area contributed by atoms with Gasteiger partial charge in [0.15, 0.2) is 0 Å². The van der Waals surface area contributed by atoms with Gasteiger partial charge in [-0.2, -0.15) is 0 Å². The highest BCUT2D eigenvalue weighted by Crippen LogP contribution is 2.40. The third-order valence-electron chi connectivity index (χ3n) is 8.40. The Kier molecular flexibility index (Phi) is 13.6. The largest absolute Gasteiger partial charge is 0.393 e. The summed E-state index contributed by atoms with van der Waals surface area (Å²) < 4.78 is 0. The lowest BCUT2D eigenvalue weighted by molar-refractivity contribution is 0.116. The van der Waals surface area contributed by atoms with E-state index in [9.17, 15) is 10.2 Å². The first-order valence-electron chi connectivity index (χ1n) is 15.7. The average molecular weight is 569 g/mol. The fourth-order valence-electron chi connectivity index (χ4n) is 6.21. The molecule has 0 spiro atoms. The average Bonchev–Trinajstić information content (AvgIpc) is 2.84. The van der Waals surface area contributed by atoms with Gasteiger partial charge in [0.2, 0.25) is 0 Å². The molecule has 2 atom stereocenters. The van der Waals surface area contributed by atoms with Crippen LogP contribution in [0.4, 0.5) is 0 Å². The van der Waals surface area contributed by atoms with Crippen LogP contribution in [0.5, 0.6) is 0 Å². The molecule has 0 aliphatic heterocycles. The number of hydrogen-bond donors (Lipinski definition) is 2. The van der Waals surface area contributed by atoms with Gasteiger partial charge in [-0.05, 0) is 104 Å². The van der Waals surface area contributed by atoms with Crippen LogP contribution in [-0.2, 0) is 0 Å². The number of allylic oxidation sites excluding steroid dienone is 12. The molecule has 0 unspecified atom stereocenters. The topological polar surface area (TPSA) is 40.5 Å². The van der Waals surface area contributed by atoms with Crippen molar-refractivity contribution in [1.82, 2.24) is 0 Å². The van der Waals surface area contributed by atoms with E-state index >= 15 is 0 Å². The molecule has 2 aliphatic rings. The molecule has 2 rings (SSSR count). The molecule has 0 saturated carbocycles. The molecule has 42 heavy (non-hydrogen) atoms. The van der Waals surface area contributed by atoms with E-state index in [2.05, 4.69) is 129 Å². The van der Waals surface area contributed by atoms with Crippen molar-refractivity contribution in [3.05, 3.63) is 81.0 Å². The van der Waals surface area contributed by atoms with Gasteiger partial charge in [0.05, 0.1) is 12.2 Å². The van der Waals surface area contributed by atoms with E-state index in [4.69, 9.17) is 0 Å². The third kappa shape index (κ3) is 11.8. The first-order chi connectivity index (χ1) is 19.6. The third-order valence-corrected chi connectivity index (χ3v) is 8.40. The number of hydrogen-bond acceptors (Lipinski definition) is 2. The second-order valence-corrected chi connectivity index (χ2v) is 14.0. The van der Waals surface area contributed by atoms with E-state index < -0.39 is 0 Å². The first kappa shape index (κ1) is 35.4. The molecule has 0 amide bonds. The van der Waals surface area contributed by atoms with Crippen molar-refractivity contribution in [3.63, 3.8) is 0 Å². The molecule has 0 aromatic heterocycles. The molecular formula is C40H56O2. The quantitative estimate of drug-likeness (QED) is 0.226. The van der Waals surface area contributed by atoms with Gasteiger partial charge in [0, 0.05) is 22.0 Å². The van der Waals surface area contributed by atoms with Crippen molar-refractivity contribution < 1.29 is 10.2 Å². The predicted molar refractivity (Wildman–Crippen MR) is 182 cm³/mol. The molecule has 0 fully saturated rings. The molecule has 0 heterocycles. The van der Waals surface area contributed by atoms with E-state index in [1.54, 1.807) is 0 Å². The molecule has 0 aromatic rings. The van der Waals surface area contributed by atoms with Crippen molar-refractivity contribution in [3.8, 4) is 23.7 Å². The minimum atomic E-state index is -0.248. The number of rotatable bonds is 8. The lowest BCUT2D eigenvalue weighted by Gasteiger charge is -2.34. The Labute approximate surface area is 258 Å². The molecule has 2 nitrogen and oxygen atoms in total. The highest BCUT2D eigenvalue weighted by molar-refractivity contribution is 5.45. The Balaban J connectivity index is 1.82. The maximum absolute atomic E-state index is 10.1. The monoisotopic (exact) mass is 568 g/mol. The zero-order valence-electron chi connectivity index (χ0n) is 28.2. The second-order valence-electron chi connectivity index (χ2n) is 14.0. The summed E-state index contributed by atoms with van der Waals surface area (Å²) in [5, 5.41) is 20.2. The minimum absolute atomic E-state index is 0.0618. The van der Waals surface area contributed by atoms with Gasteiger partial charge in [-0.15, -0.1) is 0 Å². The lowest BCUT2D eigenvalue weighted by atomic mass is 9.72. The summed E-state index contributed by atoms with van der Waals surface area (Å²) in [6.07, 6.45) is 19.7. The Hall–Kier alpha value is -2.78. The van der Waals surface area contributed by atoms with Crippen LogP contribution in [-0.4, -0.2) is 22.4 Å². The Morgan fingerprint density at radius 2 is 1.05 bits per heavy atom. The zero-order valence-corrected chi connectivity index (χ0v) is 28.2. The number of aliphatic hydroxyl groups excluding tert-OH is 2. The smallest absolute Gasteiger partial charge is 0.0586 e. The summed E-state index contributed by atoms with van der Waals surface area (Å²) in [6.45, 7) is 21.5. The SMILES string of the molecule is CC1=C(C#C/C(C)=C\CC/C(C)=C/C=C/C=C(\C)CC/C=C(\C)C#CC2=C(C)C[C@@H](O)CC2(C)C)C(C)(C)C[C@H](O)C1. The van der Waals surface area contributed by atoms with Crippen LogP contribution in [0, 0.1) is 34.5 Å². The standard InChI is InChI=1S/C40H56O2/c1-29(17-13-19-31(3)21-23-37-33(5)25-35(41)27-39(37,7)8)15-11-12-16-30(2)18-14-20-32(4)22-24-38-34(6)26-36(42)28-40(38,9)10/h11-12,15-16,19-20,35-36,41-42H,13-14,17-18,25-28H2,1-10H3/b12-11+,29-15+,30-16+,31-19-,32-20+/t35-,36-/m1/s1. The molecule has 228 valence electrons. The Morgan fingerprint density at radius 3 is 1.38 bits per heavy atom. The summed E-state index contributed by atoms with van der Waals surface area (Å²) in [5.74, 6) is 13.5. The van der Waals surface area contributed by atoms with Crippen LogP contribution in [0.25, 0.3) is 0 Å². The summed E-state index contributed by atoms with van der Waals surface area (Å²) in [4.78, 5) is 0. The minimum Gasteiger partial charge on any atom is -0.393 e. The fourth-order valence-corrected chi connectivity index (χ4v) is 6.21. The van der Waals surface area contributed by atoms with Crippen molar-refractivity contribution in [2.45, 2.75) is 133 Å². The highest BCUT2D eigenvalue weighted by atomic mass is 16.3. The summed E-state index contributed by atoms with van der Waals surface area (Å²) >= 11 is 0. The normalized spacial score (nSPS) is 23.5. The lowest BCUT2D eigenvalue weighted by Crippen LogP contribution is -2.28. The maximum atomic E-state index is 10.1. The van der Waals surface area contributed by atoms with Gasteiger partial charge in [-0.1, -0.05) is 110 Å². The second kappa shape index (κ2) is 16.2. The van der Waals surface area contributed by atoms with E-state index in [0.29, 0.717) is 0 Å². The van der Waals surface area contributed by atoms with Gasteiger partial charge in [0.25, 0.3) is 0 Å². The van der Waals surface area contributed by atoms with Gasteiger partial charge < -0.3 is 10.2 Å². The van der Waals surface area contributed by atoms with Crippen LogP contribution in [0.15, 0.2) is 81.0 Å². The highest BCUT2D eigenvalue weighted by Gasteiger charge is 2.33. The van der Waals surface area contributed by atoms with Gasteiger partial charge in [0.1, 0.15) is 0 Å². The molecule has 0 bridgehead atoms. The molecule has 0 radical (unpaired) electrons. The van der Waals surface area contributed by atoms with Gasteiger partial charge in [-0.25, -0.2) is 0 Å². The Morgan fingerprint density at radius 1 is 0.690 bits per heavy atom. The van der Waals surface area contributed by atoms with E-state index in [1.807, 2.05) is 0 Å². The van der Waals surface area contributed by atoms with Crippen molar-refractivity contribution in [1.29, 1.82) is 0 Å². The van der Waals surface area contributed by atoms with Crippen molar-refractivity contribution >= 4 is 0 Å². The van der Waals surface area contributed by atoms with Crippen molar-refractivity contribution in [2.24, 2.45) is 10.8 Å². The van der Waals surface area contributed by atoms with Crippen LogP contribution in [0.1, 0.15) is 121 Å². The van der Waals surface area contributed by atoms with Crippen LogP contribution in [0.3, 0.4) is 0 Å². The molecular weight excluding hydrogens is 512 g/mol. The molecule has 0 aromatic carbocycles. The van der Waals surface area contributed by atoms with Crippen LogP contribution < -0.4 is 0 Å². The van der Waals surface area contributed by atoms with E-state index in [0.717, 1.165) is 62.5 Å². The fraction of sp³-hybridized carbons (Fsp3) is 0.550. The maximum Gasteiger partial charge on any atom is 0.0586 e. The van der Waals surface area contributed by atoms with Crippen molar-refractivity contribution in [2.75, 3.05) is 0 Å². The van der Waals surface area contributed by atoms with Crippen LogP contribution in [0.2, 0.25) is 0 Å². The molecule has 2 heteroatoms. The Bertz CT molecular complexity index is 1210. The molecule has 2 N–H and O–H groups in total. The summed E-state index contributed by atoms with van der Waals surface area (Å²) in [6, 6.07) is 0. The van der Waals surface area contributed by atoms with Gasteiger partial charge in [-0.3, -0.25) is 0 Å². The van der Waals surface area contributed by atoms with E-state index in [-0.39, 0.29) is 23.0 Å². The zero-order chi connectivity index (χ0) is 31.5. The summed E-state index contributed by atoms with van der Waals surface area (Å²) in [7, 11) is 0. The summed E-state index contributed by atoms with van der Waals surface area (Å²) in [5.41, 5.74) is 9.64. The van der Waals surface area contributed by atoms with E-state index in [1.165, 1.54) is 33.4 Å². The number of aliphatic hydroxyl groups is 2. The predicted octanol–water partition coefficient (Wildman–Crippen LogP) is 9.89. The van der Waals surface area contributed by atoms with Gasteiger partial charge >= 0.3 is 0 Å². The van der Waals surface area contributed by atoms with Crippen LogP contribution >= 0.6 is 0 Å².